The summed E-state index contributed by atoms with van der Waals surface area (Å²) in [5.41, 5.74) is 1.04. The number of rotatable bonds is 2. The molecule has 0 saturated carbocycles. The number of nitrogens with zero attached hydrogens (tertiary/aromatic N) is 4. The van der Waals surface area contributed by atoms with Gasteiger partial charge in [-0.2, -0.15) is 0 Å². The molecule has 0 aromatic carbocycles. The Kier molecular flexibility index (Phi) is 2.74. The van der Waals surface area contributed by atoms with Gasteiger partial charge >= 0.3 is 0 Å². The first-order valence-electron chi connectivity index (χ1n) is 3.74. The Hall–Kier alpha value is -1.45. The first-order valence-corrected chi connectivity index (χ1v) is 3.74. The summed E-state index contributed by atoms with van der Waals surface area (Å²) in [6.07, 6.45) is 4.91. The summed E-state index contributed by atoms with van der Waals surface area (Å²) in [6.45, 7) is 3.81. The van der Waals surface area contributed by atoms with E-state index in [9.17, 15) is 0 Å². The van der Waals surface area contributed by atoms with Crippen LogP contribution in [-0.2, 0) is 7.05 Å². The summed E-state index contributed by atoms with van der Waals surface area (Å²) in [6, 6.07) is 0. The van der Waals surface area contributed by atoms with E-state index in [2.05, 4.69) is 15.0 Å². The van der Waals surface area contributed by atoms with Crippen molar-refractivity contribution in [2.45, 2.75) is 13.8 Å². The van der Waals surface area contributed by atoms with Crippen LogP contribution in [0.2, 0.25) is 0 Å². The molecule has 12 heavy (non-hydrogen) atoms. The van der Waals surface area contributed by atoms with Crippen molar-refractivity contribution in [1.82, 2.24) is 9.55 Å². The van der Waals surface area contributed by atoms with E-state index in [4.69, 9.17) is 0 Å². The molecule has 0 N–H and O–H groups in total. The van der Waals surface area contributed by atoms with E-state index in [1.165, 1.54) is 6.34 Å². The van der Waals surface area contributed by atoms with Gasteiger partial charge in [0.15, 0.2) is 5.82 Å². The van der Waals surface area contributed by atoms with E-state index >= 15 is 0 Å². The van der Waals surface area contributed by atoms with Gasteiger partial charge in [0.25, 0.3) is 0 Å². The third kappa shape index (κ3) is 1.78. The van der Waals surface area contributed by atoms with E-state index < -0.39 is 0 Å². The highest BCUT2D eigenvalue weighted by Crippen LogP contribution is 2.12. The zero-order chi connectivity index (χ0) is 8.97. The minimum atomic E-state index is 0.725. The van der Waals surface area contributed by atoms with Crippen LogP contribution in [0.4, 0.5) is 5.82 Å². The zero-order valence-corrected chi connectivity index (χ0v) is 7.52. The number of aryl methyl sites for hydroxylation is 1. The second kappa shape index (κ2) is 3.80. The predicted octanol–water partition coefficient (Wildman–Crippen LogP) is 1.48. The fraction of sp³-hybridized carbons (Fsp3) is 0.375. The molecule has 4 heteroatoms. The molecule has 0 aliphatic heterocycles. The van der Waals surface area contributed by atoms with Gasteiger partial charge in [0.05, 0.1) is 12.0 Å². The van der Waals surface area contributed by atoms with Crippen molar-refractivity contribution in [2.24, 2.45) is 17.0 Å². The van der Waals surface area contributed by atoms with Crippen LogP contribution in [0.25, 0.3) is 0 Å². The Labute approximate surface area is 71.7 Å². The van der Waals surface area contributed by atoms with Crippen LogP contribution < -0.4 is 0 Å². The van der Waals surface area contributed by atoms with Gasteiger partial charge in [0.2, 0.25) is 0 Å². The van der Waals surface area contributed by atoms with Gasteiger partial charge in [-0.05, 0) is 13.8 Å². The quantitative estimate of drug-likeness (QED) is 0.482. The second-order valence-corrected chi connectivity index (χ2v) is 2.42. The molecule has 0 aliphatic carbocycles. The molecule has 0 atom stereocenters. The molecule has 1 aromatic heterocycles. The van der Waals surface area contributed by atoms with Gasteiger partial charge < -0.3 is 4.57 Å². The van der Waals surface area contributed by atoms with Crippen LogP contribution in [0.5, 0.6) is 0 Å². The van der Waals surface area contributed by atoms with Crippen molar-refractivity contribution >= 4 is 18.4 Å². The highest BCUT2D eigenvalue weighted by molar-refractivity contribution is 5.72. The molecule has 0 spiro atoms. The minimum Gasteiger partial charge on any atom is -0.336 e. The van der Waals surface area contributed by atoms with Crippen LogP contribution in [0.3, 0.4) is 0 Å². The van der Waals surface area contributed by atoms with Crippen molar-refractivity contribution in [1.29, 1.82) is 0 Å². The molecule has 0 amide bonds. The molecule has 4 nitrogen and oxygen atoms in total. The molecular formula is C8H12N4. The van der Waals surface area contributed by atoms with E-state index in [0.717, 1.165) is 11.5 Å². The second-order valence-electron chi connectivity index (χ2n) is 2.42. The van der Waals surface area contributed by atoms with Crippen LogP contribution in [0.15, 0.2) is 16.3 Å². The molecule has 0 unspecified atom stereocenters. The first kappa shape index (κ1) is 8.64. The van der Waals surface area contributed by atoms with Gasteiger partial charge in [0.1, 0.15) is 6.34 Å². The molecule has 1 aromatic rings. The highest BCUT2D eigenvalue weighted by Gasteiger charge is 1.99. The maximum Gasteiger partial charge on any atom is 0.174 e. The van der Waals surface area contributed by atoms with Crippen molar-refractivity contribution in [3.05, 3.63) is 12.0 Å². The largest absolute Gasteiger partial charge is 0.336 e. The van der Waals surface area contributed by atoms with Crippen LogP contribution in [0.1, 0.15) is 12.6 Å². The third-order valence-corrected chi connectivity index (χ3v) is 1.60. The maximum absolute atomic E-state index is 4.08. The van der Waals surface area contributed by atoms with Crippen molar-refractivity contribution < 1.29 is 0 Å². The molecule has 0 fully saturated rings. The SMILES string of the molecule is CC=NC=Nc1ncn(C)c1C. The lowest BCUT2D eigenvalue weighted by atomic mass is 10.5. The molecule has 64 valence electrons. The summed E-state index contributed by atoms with van der Waals surface area (Å²) < 4.78 is 1.92. The monoisotopic (exact) mass is 164 g/mol. The number of imidazole rings is 1. The number of hydrogen-bond acceptors (Lipinski definition) is 2. The molecule has 0 aliphatic rings. The topological polar surface area (TPSA) is 42.5 Å². The molecule has 1 rings (SSSR count). The molecule has 0 bridgehead atoms. The lowest BCUT2D eigenvalue weighted by Crippen LogP contribution is -1.86. The Bertz CT molecular complexity index is 309. The predicted molar refractivity (Wildman–Crippen MR) is 50.3 cm³/mol. The standard InChI is InChI=1S/C8H12N4/c1-4-9-5-10-8-7(2)12(3)6-11-8/h4-6H,1-3H3. The van der Waals surface area contributed by atoms with E-state index in [1.807, 2.05) is 25.5 Å². The minimum absolute atomic E-state index is 0.725. The average Bonchev–Trinajstić information content (AvgIpc) is 2.36. The summed E-state index contributed by atoms with van der Waals surface area (Å²) in [5, 5.41) is 0. The Morgan fingerprint density at radius 3 is 2.83 bits per heavy atom. The van der Waals surface area contributed by atoms with E-state index in [0.29, 0.717) is 0 Å². The van der Waals surface area contributed by atoms with Gasteiger partial charge in [-0.15, -0.1) is 0 Å². The average molecular weight is 164 g/mol. The molecular weight excluding hydrogens is 152 g/mol. The smallest absolute Gasteiger partial charge is 0.174 e. The molecule has 0 radical (unpaired) electrons. The van der Waals surface area contributed by atoms with Crippen molar-refractivity contribution in [3.63, 3.8) is 0 Å². The summed E-state index contributed by atoms with van der Waals surface area (Å²) in [4.78, 5) is 12.0. The van der Waals surface area contributed by atoms with Gasteiger partial charge in [-0.3, -0.25) is 0 Å². The molecule has 1 heterocycles. The van der Waals surface area contributed by atoms with Crippen LogP contribution >= 0.6 is 0 Å². The normalized spacial score (nSPS) is 11.9. The van der Waals surface area contributed by atoms with Crippen LogP contribution in [-0.4, -0.2) is 22.1 Å². The van der Waals surface area contributed by atoms with Crippen molar-refractivity contribution in [3.8, 4) is 0 Å². The third-order valence-electron chi connectivity index (χ3n) is 1.60. The Balaban J connectivity index is 2.82. The number of aromatic nitrogens is 2. The Morgan fingerprint density at radius 2 is 2.33 bits per heavy atom. The number of hydrogen-bond donors (Lipinski definition) is 0. The maximum atomic E-state index is 4.08. The van der Waals surface area contributed by atoms with Crippen molar-refractivity contribution in [2.75, 3.05) is 0 Å². The Morgan fingerprint density at radius 1 is 1.58 bits per heavy atom. The highest BCUT2D eigenvalue weighted by atomic mass is 15.1. The van der Waals surface area contributed by atoms with Gasteiger partial charge in [-0.1, -0.05) is 0 Å². The van der Waals surface area contributed by atoms with E-state index in [-0.39, 0.29) is 0 Å². The van der Waals surface area contributed by atoms with E-state index in [1.54, 1.807) is 12.5 Å². The first-order chi connectivity index (χ1) is 5.75. The lowest BCUT2D eigenvalue weighted by molar-refractivity contribution is 0.873. The summed E-state index contributed by atoms with van der Waals surface area (Å²) in [7, 11) is 1.93. The fourth-order valence-electron chi connectivity index (χ4n) is 0.760. The number of aliphatic imine (C=N–C) groups is 2. The summed E-state index contributed by atoms with van der Waals surface area (Å²) in [5.74, 6) is 0.725. The lowest BCUT2D eigenvalue weighted by Gasteiger charge is -1.91. The fourth-order valence-corrected chi connectivity index (χ4v) is 0.760. The van der Waals surface area contributed by atoms with Gasteiger partial charge in [0, 0.05) is 13.3 Å². The van der Waals surface area contributed by atoms with Gasteiger partial charge in [-0.25, -0.2) is 15.0 Å². The zero-order valence-electron chi connectivity index (χ0n) is 7.52. The summed E-state index contributed by atoms with van der Waals surface area (Å²) >= 11 is 0. The van der Waals surface area contributed by atoms with Crippen LogP contribution in [0, 0.1) is 6.92 Å². The molecule has 0 saturated heterocycles.